The molecule has 0 radical (unpaired) electrons. The average Bonchev–Trinajstić information content (AvgIpc) is 3.33. The molecule has 4 rings (SSSR count). The van der Waals surface area contributed by atoms with Crippen LogP contribution in [0.25, 0.3) is 0 Å². The highest BCUT2D eigenvalue weighted by atomic mass is 35.5. The van der Waals surface area contributed by atoms with E-state index in [1.54, 1.807) is 48.5 Å². The van der Waals surface area contributed by atoms with E-state index in [4.69, 9.17) is 16.3 Å². The third-order valence-electron chi connectivity index (χ3n) is 4.83. The lowest BCUT2D eigenvalue weighted by Crippen LogP contribution is -2.28. The number of hydrogen-bond acceptors (Lipinski definition) is 5. The number of pyridine rings is 1. The van der Waals surface area contributed by atoms with E-state index in [1.807, 2.05) is 0 Å². The van der Waals surface area contributed by atoms with Gasteiger partial charge in [-0.1, -0.05) is 17.7 Å². The summed E-state index contributed by atoms with van der Waals surface area (Å²) in [7, 11) is -3.59. The Balaban J connectivity index is 1.44. The van der Waals surface area contributed by atoms with E-state index in [0.29, 0.717) is 35.4 Å². The summed E-state index contributed by atoms with van der Waals surface area (Å²) in [6.45, 7) is 1.02. The van der Waals surface area contributed by atoms with Gasteiger partial charge in [0.15, 0.2) is 0 Å². The molecule has 1 N–H and O–H groups in total. The normalized spacial score (nSPS) is 14.4. The van der Waals surface area contributed by atoms with Gasteiger partial charge >= 0.3 is 0 Å². The number of sulfonamides is 1. The molecule has 1 aliphatic heterocycles. The predicted octanol–water partition coefficient (Wildman–Crippen LogP) is 4.56. The van der Waals surface area contributed by atoms with E-state index in [2.05, 4.69) is 10.3 Å². The molecule has 0 unspecified atom stereocenters. The van der Waals surface area contributed by atoms with Crippen molar-refractivity contribution in [3.8, 4) is 11.6 Å². The van der Waals surface area contributed by atoms with Crippen LogP contribution in [0, 0.1) is 0 Å². The summed E-state index contributed by atoms with van der Waals surface area (Å²) in [5.41, 5.74) is 0.711. The number of anilines is 1. The summed E-state index contributed by atoms with van der Waals surface area (Å²) < 4.78 is 32.6. The molecule has 1 aliphatic rings. The fraction of sp³-hybridized carbons (Fsp3) is 0.182. The minimum absolute atomic E-state index is 0.117. The molecule has 1 aromatic heterocycles. The smallest absolute Gasteiger partial charge is 0.255 e. The number of benzene rings is 2. The SMILES string of the molecule is O=C(Nc1ccc(Oc2ccc(Cl)cc2)nc1)c1cccc(S(=O)(=O)N2CCCC2)c1. The minimum atomic E-state index is -3.59. The molecule has 160 valence electrons. The Morgan fingerprint density at radius 1 is 1.03 bits per heavy atom. The van der Waals surface area contributed by atoms with Crippen LogP contribution in [0.5, 0.6) is 11.6 Å². The van der Waals surface area contributed by atoms with Gasteiger partial charge < -0.3 is 10.1 Å². The zero-order valence-electron chi connectivity index (χ0n) is 16.5. The van der Waals surface area contributed by atoms with Crippen LogP contribution in [0.15, 0.2) is 71.8 Å². The van der Waals surface area contributed by atoms with Gasteiger partial charge in [-0.25, -0.2) is 13.4 Å². The molecule has 9 heteroatoms. The van der Waals surface area contributed by atoms with Gasteiger partial charge in [0.2, 0.25) is 15.9 Å². The summed E-state index contributed by atoms with van der Waals surface area (Å²) in [6.07, 6.45) is 3.17. The molecule has 0 saturated carbocycles. The molecule has 0 bridgehead atoms. The standard InChI is InChI=1S/C22H20ClN3O4S/c23-17-6-9-19(10-7-17)30-21-11-8-18(15-24-21)25-22(27)16-4-3-5-20(14-16)31(28,29)26-12-1-2-13-26/h3-11,14-15H,1-2,12-13H2,(H,25,27). The molecule has 1 amide bonds. The van der Waals surface area contributed by atoms with Crippen molar-refractivity contribution in [3.63, 3.8) is 0 Å². The first-order valence-electron chi connectivity index (χ1n) is 9.73. The van der Waals surface area contributed by atoms with Crippen LogP contribution in [-0.4, -0.2) is 36.7 Å². The van der Waals surface area contributed by atoms with Gasteiger partial charge in [0, 0.05) is 29.7 Å². The molecule has 0 spiro atoms. The fourth-order valence-corrected chi connectivity index (χ4v) is 4.91. The van der Waals surface area contributed by atoms with Crippen LogP contribution in [0.1, 0.15) is 23.2 Å². The number of carbonyl (C=O) groups excluding carboxylic acids is 1. The zero-order chi connectivity index (χ0) is 21.8. The lowest BCUT2D eigenvalue weighted by molar-refractivity contribution is 0.102. The van der Waals surface area contributed by atoms with Gasteiger partial charge in [0.25, 0.3) is 5.91 Å². The first kappa shape index (κ1) is 21.3. The third-order valence-corrected chi connectivity index (χ3v) is 6.98. The lowest BCUT2D eigenvalue weighted by atomic mass is 10.2. The monoisotopic (exact) mass is 457 g/mol. The Hall–Kier alpha value is -2.94. The maximum absolute atomic E-state index is 12.7. The van der Waals surface area contributed by atoms with Crippen molar-refractivity contribution in [1.82, 2.24) is 9.29 Å². The number of halogens is 1. The Morgan fingerprint density at radius 3 is 2.45 bits per heavy atom. The molecule has 31 heavy (non-hydrogen) atoms. The van der Waals surface area contributed by atoms with E-state index < -0.39 is 15.9 Å². The van der Waals surface area contributed by atoms with Crippen molar-refractivity contribution < 1.29 is 17.9 Å². The molecular weight excluding hydrogens is 438 g/mol. The molecular formula is C22H20ClN3O4S. The number of ether oxygens (including phenoxy) is 1. The van der Waals surface area contributed by atoms with Gasteiger partial charge in [-0.2, -0.15) is 4.31 Å². The Labute approximate surface area is 185 Å². The highest BCUT2D eigenvalue weighted by Crippen LogP contribution is 2.24. The lowest BCUT2D eigenvalue weighted by Gasteiger charge is -2.16. The van der Waals surface area contributed by atoms with E-state index >= 15 is 0 Å². The third kappa shape index (κ3) is 5.04. The molecule has 2 aromatic carbocycles. The van der Waals surface area contributed by atoms with Gasteiger partial charge in [0.1, 0.15) is 5.75 Å². The molecule has 7 nitrogen and oxygen atoms in total. The predicted molar refractivity (Wildman–Crippen MR) is 118 cm³/mol. The number of rotatable bonds is 6. The van der Waals surface area contributed by atoms with Gasteiger partial charge in [-0.3, -0.25) is 4.79 Å². The first-order valence-corrected chi connectivity index (χ1v) is 11.5. The highest BCUT2D eigenvalue weighted by Gasteiger charge is 2.27. The quantitative estimate of drug-likeness (QED) is 0.586. The van der Waals surface area contributed by atoms with E-state index in [0.717, 1.165) is 12.8 Å². The van der Waals surface area contributed by atoms with Crippen molar-refractivity contribution >= 4 is 33.2 Å². The van der Waals surface area contributed by atoms with E-state index in [9.17, 15) is 13.2 Å². The summed E-state index contributed by atoms with van der Waals surface area (Å²) in [5.74, 6) is 0.523. The fourth-order valence-electron chi connectivity index (χ4n) is 3.22. The molecule has 3 aromatic rings. The van der Waals surface area contributed by atoms with Gasteiger partial charge in [-0.15, -0.1) is 0 Å². The van der Waals surface area contributed by atoms with Crippen molar-refractivity contribution in [1.29, 1.82) is 0 Å². The van der Waals surface area contributed by atoms with Crippen LogP contribution in [0.3, 0.4) is 0 Å². The average molecular weight is 458 g/mol. The van der Waals surface area contributed by atoms with Crippen LogP contribution < -0.4 is 10.1 Å². The molecule has 1 fully saturated rings. The van der Waals surface area contributed by atoms with Crippen molar-refractivity contribution in [2.24, 2.45) is 0 Å². The second kappa shape index (κ2) is 9.05. The Kier molecular flexibility index (Phi) is 6.22. The minimum Gasteiger partial charge on any atom is -0.439 e. The maximum atomic E-state index is 12.7. The summed E-state index contributed by atoms with van der Waals surface area (Å²) in [4.78, 5) is 16.9. The van der Waals surface area contributed by atoms with E-state index in [-0.39, 0.29) is 10.5 Å². The largest absolute Gasteiger partial charge is 0.439 e. The number of aromatic nitrogens is 1. The molecule has 0 aliphatic carbocycles. The summed E-state index contributed by atoms with van der Waals surface area (Å²) >= 11 is 5.85. The number of hydrogen-bond donors (Lipinski definition) is 1. The van der Waals surface area contributed by atoms with Gasteiger partial charge in [0.05, 0.1) is 16.8 Å². The molecule has 0 atom stereocenters. The summed E-state index contributed by atoms with van der Waals surface area (Å²) in [5, 5.41) is 3.33. The number of carbonyl (C=O) groups is 1. The Bertz CT molecular complexity index is 1180. The first-order chi connectivity index (χ1) is 14.9. The van der Waals surface area contributed by atoms with Crippen molar-refractivity contribution in [2.75, 3.05) is 18.4 Å². The van der Waals surface area contributed by atoms with Crippen LogP contribution in [0.2, 0.25) is 5.02 Å². The maximum Gasteiger partial charge on any atom is 0.255 e. The Morgan fingerprint density at radius 2 is 1.77 bits per heavy atom. The van der Waals surface area contributed by atoms with Gasteiger partial charge in [-0.05, 0) is 61.4 Å². The molecule has 2 heterocycles. The van der Waals surface area contributed by atoms with E-state index in [1.165, 1.54) is 22.6 Å². The summed E-state index contributed by atoms with van der Waals surface area (Å²) in [6, 6.07) is 16.2. The highest BCUT2D eigenvalue weighted by molar-refractivity contribution is 7.89. The van der Waals surface area contributed by atoms with Crippen LogP contribution >= 0.6 is 11.6 Å². The number of nitrogens with one attached hydrogen (secondary N) is 1. The zero-order valence-corrected chi connectivity index (χ0v) is 18.1. The second-order valence-corrected chi connectivity index (χ2v) is 9.41. The second-order valence-electron chi connectivity index (χ2n) is 7.03. The van der Waals surface area contributed by atoms with Crippen LogP contribution in [0.4, 0.5) is 5.69 Å². The van der Waals surface area contributed by atoms with Crippen molar-refractivity contribution in [3.05, 3.63) is 77.4 Å². The molecule has 1 saturated heterocycles. The van der Waals surface area contributed by atoms with Crippen molar-refractivity contribution in [2.45, 2.75) is 17.7 Å². The number of nitrogens with zero attached hydrogens (tertiary/aromatic N) is 2. The topological polar surface area (TPSA) is 88.6 Å². The van der Waals surface area contributed by atoms with Crippen LogP contribution in [-0.2, 0) is 10.0 Å². The number of amides is 1.